The summed E-state index contributed by atoms with van der Waals surface area (Å²) in [7, 11) is 0. The molecule has 0 saturated carbocycles. The van der Waals surface area contributed by atoms with Crippen LogP contribution in [-0.4, -0.2) is 23.0 Å². The maximum Gasteiger partial charge on any atom is 0.325 e. The summed E-state index contributed by atoms with van der Waals surface area (Å²) in [5.74, 6) is -1.27. The number of carbonyl (C=O) groups excluding carboxylic acids is 1. The lowest BCUT2D eigenvalue weighted by Crippen LogP contribution is -2.38. The van der Waals surface area contributed by atoms with Gasteiger partial charge < -0.3 is 10.4 Å². The van der Waals surface area contributed by atoms with Crippen molar-refractivity contribution in [1.29, 1.82) is 0 Å². The van der Waals surface area contributed by atoms with E-state index in [-0.39, 0.29) is 5.91 Å². The predicted octanol–water partition coefficient (Wildman–Crippen LogP) is 1.97. The fourth-order valence-corrected chi connectivity index (χ4v) is 1.55. The summed E-state index contributed by atoms with van der Waals surface area (Å²) < 4.78 is 0.991. The number of carbonyl (C=O) groups is 2. The van der Waals surface area contributed by atoms with E-state index in [1.54, 1.807) is 0 Å². The normalized spacial score (nSPS) is 11.9. The molecule has 0 spiro atoms. The number of benzene rings is 1. The molecule has 0 radical (unpaired) electrons. The fourth-order valence-electron chi connectivity index (χ4n) is 1.28. The molecule has 0 fully saturated rings. The number of carboxylic acids is 1. The highest BCUT2D eigenvalue weighted by Gasteiger charge is 2.13. The summed E-state index contributed by atoms with van der Waals surface area (Å²) in [6.07, 6.45) is 0.894. The van der Waals surface area contributed by atoms with Gasteiger partial charge in [0.05, 0.1) is 0 Å². The van der Waals surface area contributed by atoms with Crippen LogP contribution in [-0.2, 0) is 16.0 Å². The van der Waals surface area contributed by atoms with Crippen molar-refractivity contribution in [3.05, 3.63) is 34.3 Å². The summed E-state index contributed by atoms with van der Waals surface area (Å²) in [5.41, 5.74) is 1.05. The topological polar surface area (TPSA) is 66.4 Å². The number of hydrogen-bond donors (Lipinski definition) is 2. The van der Waals surface area contributed by atoms with Crippen molar-refractivity contribution in [3.8, 4) is 0 Å². The molecule has 0 aliphatic rings. The second-order valence-corrected chi connectivity index (χ2v) is 4.67. The second kappa shape index (κ2) is 6.39. The molecule has 4 nitrogen and oxygen atoms in total. The lowest BCUT2D eigenvalue weighted by atomic mass is 10.1. The van der Waals surface area contributed by atoms with Crippen LogP contribution < -0.4 is 5.32 Å². The van der Waals surface area contributed by atoms with Crippen LogP contribution in [0.4, 0.5) is 0 Å². The summed E-state index contributed by atoms with van der Waals surface area (Å²) in [6.45, 7) is 1.44. The van der Waals surface area contributed by atoms with Crippen LogP contribution in [0.15, 0.2) is 28.7 Å². The first-order chi connectivity index (χ1) is 7.99. The number of rotatable bonds is 5. The zero-order chi connectivity index (χ0) is 12.8. The van der Waals surface area contributed by atoms with E-state index < -0.39 is 12.0 Å². The molecular weight excluding hydrogens is 286 g/mol. The van der Waals surface area contributed by atoms with Crippen LogP contribution in [0.1, 0.15) is 18.9 Å². The molecule has 0 saturated heterocycles. The average Bonchev–Trinajstić information content (AvgIpc) is 2.28. The van der Waals surface area contributed by atoms with E-state index in [0.717, 1.165) is 10.0 Å². The first-order valence-corrected chi connectivity index (χ1v) is 6.05. The van der Waals surface area contributed by atoms with Crippen molar-refractivity contribution >= 4 is 27.8 Å². The van der Waals surface area contributed by atoms with Gasteiger partial charge >= 0.3 is 5.97 Å². The zero-order valence-corrected chi connectivity index (χ0v) is 11.0. The van der Waals surface area contributed by atoms with Crippen molar-refractivity contribution < 1.29 is 14.7 Å². The molecule has 0 aliphatic heterocycles. The fraction of sp³-hybridized carbons (Fsp3) is 0.333. The number of halogens is 1. The minimum absolute atomic E-state index is 0.247. The molecule has 5 heteroatoms. The van der Waals surface area contributed by atoms with Gasteiger partial charge in [-0.2, -0.15) is 0 Å². The number of amides is 1. The Morgan fingerprint density at radius 3 is 2.47 bits per heavy atom. The Morgan fingerprint density at radius 1 is 1.35 bits per heavy atom. The van der Waals surface area contributed by atoms with Gasteiger partial charge in [-0.25, -0.2) is 0 Å². The third-order valence-corrected chi connectivity index (χ3v) is 2.83. The van der Waals surface area contributed by atoms with Crippen LogP contribution in [0.3, 0.4) is 0 Å². The Labute approximate surface area is 108 Å². The standard InChI is InChI=1S/C12H14BrNO3/c1-8(12(16)17)14-11(15)7-4-9-2-5-10(13)6-3-9/h2-3,5-6,8H,4,7H2,1H3,(H,14,15)(H,16,17). The summed E-state index contributed by atoms with van der Waals surface area (Å²) in [6, 6.07) is 6.84. The molecule has 1 rings (SSSR count). The number of nitrogens with one attached hydrogen (secondary N) is 1. The molecule has 0 bridgehead atoms. The quantitative estimate of drug-likeness (QED) is 0.873. The maximum absolute atomic E-state index is 11.4. The number of carboxylic acid groups (broad SMARTS) is 1. The number of aryl methyl sites for hydroxylation is 1. The summed E-state index contributed by atoms with van der Waals surface area (Å²) in [4.78, 5) is 21.9. The van der Waals surface area contributed by atoms with E-state index in [4.69, 9.17) is 5.11 Å². The van der Waals surface area contributed by atoms with Crippen LogP contribution in [0.5, 0.6) is 0 Å². The van der Waals surface area contributed by atoms with Crippen molar-refractivity contribution in [1.82, 2.24) is 5.32 Å². The van der Waals surface area contributed by atoms with E-state index in [9.17, 15) is 9.59 Å². The predicted molar refractivity (Wildman–Crippen MR) is 67.7 cm³/mol. The average molecular weight is 300 g/mol. The van der Waals surface area contributed by atoms with Crippen molar-refractivity contribution in [2.45, 2.75) is 25.8 Å². The van der Waals surface area contributed by atoms with Gasteiger partial charge in [-0.3, -0.25) is 9.59 Å². The van der Waals surface area contributed by atoms with Gasteiger partial charge in [-0.15, -0.1) is 0 Å². The number of aliphatic carboxylic acids is 1. The maximum atomic E-state index is 11.4. The highest BCUT2D eigenvalue weighted by Crippen LogP contribution is 2.11. The van der Waals surface area contributed by atoms with Gasteiger partial charge in [0.15, 0.2) is 0 Å². The van der Waals surface area contributed by atoms with Gasteiger partial charge in [-0.05, 0) is 31.0 Å². The van der Waals surface area contributed by atoms with E-state index in [1.807, 2.05) is 24.3 Å². The highest BCUT2D eigenvalue weighted by atomic mass is 79.9. The first kappa shape index (κ1) is 13.7. The van der Waals surface area contributed by atoms with Gasteiger partial charge in [0.1, 0.15) is 6.04 Å². The largest absolute Gasteiger partial charge is 0.480 e. The van der Waals surface area contributed by atoms with Crippen LogP contribution in [0.25, 0.3) is 0 Å². The van der Waals surface area contributed by atoms with E-state index in [1.165, 1.54) is 6.92 Å². The zero-order valence-electron chi connectivity index (χ0n) is 9.44. The Bertz CT molecular complexity index is 403. The molecule has 1 aromatic rings. The third kappa shape index (κ3) is 4.99. The van der Waals surface area contributed by atoms with E-state index in [2.05, 4.69) is 21.2 Å². The van der Waals surface area contributed by atoms with E-state index in [0.29, 0.717) is 12.8 Å². The Morgan fingerprint density at radius 2 is 1.94 bits per heavy atom. The second-order valence-electron chi connectivity index (χ2n) is 3.75. The molecule has 2 N–H and O–H groups in total. The van der Waals surface area contributed by atoms with Gasteiger partial charge in [0, 0.05) is 10.9 Å². The smallest absolute Gasteiger partial charge is 0.325 e. The Hall–Kier alpha value is -1.36. The molecule has 17 heavy (non-hydrogen) atoms. The molecule has 1 aromatic carbocycles. The van der Waals surface area contributed by atoms with Crippen LogP contribution >= 0.6 is 15.9 Å². The Kier molecular flexibility index (Phi) is 5.15. The molecule has 0 aliphatic carbocycles. The van der Waals surface area contributed by atoms with Crippen LogP contribution in [0, 0.1) is 0 Å². The molecular formula is C12H14BrNO3. The number of hydrogen-bond acceptors (Lipinski definition) is 2. The minimum Gasteiger partial charge on any atom is -0.480 e. The Balaban J connectivity index is 2.38. The molecule has 1 amide bonds. The van der Waals surface area contributed by atoms with Crippen LogP contribution in [0.2, 0.25) is 0 Å². The highest BCUT2D eigenvalue weighted by molar-refractivity contribution is 9.10. The van der Waals surface area contributed by atoms with Gasteiger partial charge in [0.2, 0.25) is 5.91 Å². The molecule has 0 heterocycles. The summed E-state index contributed by atoms with van der Waals surface area (Å²) >= 11 is 3.33. The van der Waals surface area contributed by atoms with Crippen molar-refractivity contribution in [3.63, 3.8) is 0 Å². The monoisotopic (exact) mass is 299 g/mol. The lowest BCUT2D eigenvalue weighted by molar-refractivity contribution is -0.141. The molecule has 92 valence electrons. The molecule has 0 aromatic heterocycles. The molecule has 1 atom stereocenters. The third-order valence-electron chi connectivity index (χ3n) is 2.30. The SMILES string of the molecule is CC(NC(=O)CCc1ccc(Br)cc1)C(=O)O. The van der Waals surface area contributed by atoms with Crippen molar-refractivity contribution in [2.24, 2.45) is 0 Å². The van der Waals surface area contributed by atoms with Gasteiger partial charge in [-0.1, -0.05) is 28.1 Å². The summed E-state index contributed by atoms with van der Waals surface area (Å²) in [5, 5.41) is 11.0. The minimum atomic E-state index is -1.03. The first-order valence-electron chi connectivity index (χ1n) is 5.25. The molecule has 1 unspecified atom stereocenters. The lowest BCUT2D eigenvalue weighted by Gasteiger charge is -2.08. The van der Waals surface area contributed by atoms with E-state index >= 15 is 0 Å². The van der Waals surface area contributed by atoms with Gasteiger partial charge in [0.25, 0.3) is 0 Å². The van der Waals surface area contributed by atoms with Crippen molar-refractivity contribution in [2.75, 3.05) is 0 Å².